The van der Waals surface area contributed by atoms with Crippen molar-refractivity contribution in [2.75, 3.05) is 6.67 Å². The Morgan fingerprint density at radius 3 is 2.50 bits per heavy atom. The van der Waals surface area contributed by atoms with Crippen LogP contribution < -0.4 is 5.73 Å². The van der Waals surface area contributed by atoms with Gasteiger partial charge in [-0.3, -0.25) is 0 Å². The standard InChI is InChI=1S/C9H9F2NO3.ClH/c10-3-7(12)5-1-4(11)2-6(8(5)13)9(14)15;/h1-2,7,13H,3,12H2,(H,14,15);1H/t7-;/m0./s1. The molecule has 1 rings (SSSR count). The van der Waals surface area contributed by atoms with Crippen LogP contribution in [0.1, 0.15) is 22.0 Å². The molecule has 0 spiro atoms. The maximum atomic E-state index is 12.9. The van der Waals surface area contributed by atoms with E-state index in [1.165, 1.54) is 0 Å². The number of phenols is 1. The van der Waals surface area contributed by atoms with Gasteiger partial charge in [0.2, 0.25) is 0 Å². The fourth-order valence-corrected chi connectivity index (χ4v) is 1.15. The van der Waals surface area contributed by atoms with E-state index in [1.54, 1.807) is 0 Å². The van der Waals surface area contributed by atoms with Crippen molar-refractivity contribution in [3.05, 3.63) is 29.1 Å². The second-order valence-corrected chi connectivity index (χ2v) is 2.96. The first-order valence-electron chi connectivity index (χ1n) is 4.04. The van der Waals surface area contributed by atoms with Gasteiger partial charge in [0.25, 0.3) is 0 Å². The fraction of sp³-hybridized carbons (Fsp3) is 0.222. The molecule has 1 aromatic carbocycles. The van der Waals surface area contributed by atoms with Crippen LogP contribution in [0.25, 0.3) is 0 Å². The third-order valence-electron chi connectivity index (χ3n) is 1.90. The molecule has 4 N–H and O–H groups in total. The minimum Gasteiger partial charge on any atom is -0.507 e. The number of benzene rings is 1. The van der Waals surface area contributed by atoms with Crippen molar-refractivity contribution in [1.82, 2.24) is 0 Å². The number of carbonyl (C=O) groups is 1. The Labute approximate surface area is 96.1 Å². The maximum Gasteiger partial charge on any atom is 0.339 e. The summed E-state index contributed by atoms with van der Waals surface area (Å²) in [6.07, 6.45) is 0. The molecule has 0 radical (unpaired) electrons. The lowest BCUT2D eigenvalue weighted by atomic mass is 10.0. The molecule has 0 aliphatic carbocycles. The van der Waals surface area contributed by atoms with Crippen LogP contribution >= 0.6 is 12.4 Å². The summed E-state index contributed by atoms with van der Waals surface area (Å²) in [6.45, 7) is -1.02. The fourth-order valence-electron chi connectivity index (χ4n) is 1.15. The van der Waals surface area contributed by atoms with Crippen molar-refractivity contribution >= 4 is 18.4 Å². The SMILES string of the molecule is Cl.N[C@@H](CF)c1cc(F)cc(C(=O)O)c1O. The molecule has 0 unspecified atom stereocenters. The van der Waals surface area contributed by atoms with Gasteiger partial charge >= 0.3 is 5.97 Å². The molecule has 0 heterocycles. The first-order valence-corrected chi connectivity index (χ1v) is 4.04. The number of rotatable bonds is 3. The van der Waals surface area contributed by atoms with Crippen molar-refractivity contribution in [1.29, 1.82) is 0 Å². The van der Waals surface area contributed by atoms with Gasteiger partial charge in [-0.1, -0.05) is 0 Å². The maximum absolute atomic E-state index is 12.9. The summed E-state index contributed by atoms with van der Waals surface area (Å²) in [5, 5.41) is 18.0. The smallest absolute Gasteiger partial charge is 0.339 e. The molecule has 0 amide bonds. The Hall–Kier alpha value is -1.40. The summed E-state index contributed by atoms with van der Waals surface area (Å²) >= 11 is 0. The number of carboxylic acid groups (broad SMARTS) is 1. The third-order valence-corrected chi connectivity index (χ3v) is 1.90. The van der Waals surface area contributed by atoms with Crippen LogP contribution in [0.15, 0.2) is 12.1 Å². The summed E-state index contributed by atoms with van der Waals surface area (Å²) in [5.74, 6) is -3.09. The summed E-state index contributed by atoms with van der Waals surface area (Å²) in [7, 11) is 0. The van der Waals surface area contributed by atoms with Crippen molar-refractivity contribution in [2.45, 2.75) is 6.04 Å². The van der Waals surface area contributed by atoms with Gasteiger partial charge < -0.3 is 15.9 Å². The molecule has 0 fully saturated rings. The largest absolute Gasteiger partial charge is 0.507 e. The lowest BCUT2D eigenvalue weighted by Gasteiger charge is -2.11. The minimum atomic E-state index is -1.50. The topological polar surface area (TPSA) is 83.6 Å². The lowest BCUT2D eigenvalue weighted by molar-refractivity contribution is 0.0693. The number of hydrogen-bond acceptors (Lipinski definition) is 3. The first-order chi connectivity index (χ1) is 6.97. The van der Waals surface area contributed by atoms with Gasteiger partial charge in [-0.25, -0.2) is 13.6 Å². The molecule has 0 bridgehead atoms. The normalized spacial score (nSPS) is 11.7. The van der Waals surface area contributed by atoms with E-state index in [-0.39, 0.29) is 18.0 Å². The first kappa shape index (κ1) is 14.6. The zero-order chi connectivity index (χ0) is 11.6. The van der Waals surface area contributed by atoms with Crippen molar-refractivity contribution in [3.63, 3.8) is 0 Å². The van der Waals surface area contributed by atoms with Crippen molar-refractivity contribution in [3.8, 4) is 5.75 Å². The number of hydrogen-bond donors (Lipinski definition) is 3. The molecule has 0 aliphatic heterocycles. The second-order valence-electron chi connectivity index (χ2n) is 2.96. The van der Waals surface area contributed by atoms with Crippen LogP contribution in [0.4, 0.5) is 8.78 Å². The molecule has 1 atom stereocenters. The number of halogens is 3. The van der Waals surface area contributed by atoms with Crippen LogP contribution in [0, 0.1) is 5.82 Å². The lowest BCUT2D eigenvalue weighted by Crippen LogP contribution is -2.14. The molecule has 7 heteroatoms. The van der Waals surface area contributed by atoms with E-state index >= 15 is 0 Å². The third kappa shape index (κ3) is 2.80. The molecular weight excluding hydrogens is 244 g/mol. The van der Waals surface area contributed by atoms with Crippen LogP contribution in [0.3, 0.4) is 0 Å². The Bertz CT molecular complexity index is 401. The average Bonchev–Trinajstić information content (AvgIpc) is 2.19. The van der Waals surface area contributed by atoms with E-state index in [9.17, 15) is 18.7 Å². The number of aromatic carboxylic acids is 1. The van der Waals surface area contributed by atoms with E-state index in [0.717, 1.165) is 6.07 Å². The quantitative estimate of drug-likeness (QED) is 0.764. The Morgan fingerprint density at radius 1 is 1.50 bits per heavy atom. The Morgan fingerprint density at radius 2 is 2.06 bits per heavy atom. The molecule has 4 nitrogen and oxygen atoms in total. The van der Waals surface area contributed by atoms with Gasteiger partial charge in [0.15, 0.2) is 0 Å². The van der Waals surface area contributed by atoms with Gasteiger partial charge in [-0.05, 0) is 12.1 Å². The van der Waals surface area contributed by atoms with E-state index in [4.69, 9.17) is 10.8 Å². The van der Waals surface area contributed by atoms with Crippen molar-refractivity contribution in [2.24, 2.45) is 5.73 Å². The number of nitrogens with two attached hydrogens (primary N) is 1. The number of alkyl halides is 1. The second kappa shape index (κ2) is 5.62. The number of aromatic hydroxyl groups is 1. The van der Waals surface area contributed by atoms with Crippen molar-refractivity contribution < 1.29 is 23.8 Å². The predicted octanol–water partition coefficient (Wildman–Crippen LogP) is 1.62. The average molecular weight is 254 g/mol. The zero-order valence-electron chi connectivity index (χ0n) is 7.98. The molecule has 0 aliphatic rings. The Kier molecular flexibility index (Phi) is 5.13. The van der Waals surface area contributed by atoms with E-state index in [0.29, 0.717) is 6.07 Å². The van der Waals surface area contributed by atoms with Crippen LogP contribution in [0.2, 0.25) is 0 Å². The van der Waals surface area contributed by atoms with Crippen LogP contribution in [-0.2, 0) is 0 Å². The molecule has 16 heavy (non-hydrogen) atoms. The van der Waals surface area contributed by atoms with E-state index in [2.05, 4.69) is 0 Å². The van der Waals surface area contributed by atoms with Gasteiger partial charge in [0.05, 0.1) is 6.04 Å². The van der Waals surface area contributed by atoms with Gasteiger partial charge in [0.1, 0.15) is 23.8 Å². The summed E-state index contributed by atoms with van der Waals surface area (Å²) < 4.78 is 25.1. The summed E-state index contributed by atoms with van der Waals surface area (Å²) in [6, 6.07) is 0.219. The number of carboxylic acids is 1. The molecular formula is C9H10ClF2NO3. The monoisotopic (exact) mass is 253 g/mol. The zero-order valence-corrected chi connectivity index (χ0v) is 8.80. The van der Waals surface area contributed by atoms with Gasteiger partial charge in [-0.15, -0.1) is 12.4 Å². The minimum absolute atomic E-state index is 0. The van der Waals surface area contributed by atoms with E-state index < -0.39 is 35.8 Å². The highest BCUT2D eigenvalue weighted by Crippen LogP contribution is 2.28. The Balaban J connectivity index is 0.00000225. The summed E-state index contributed by atoms with van der Waals surface area (Å²) in [5.41, 5.74) is 4.35. The van der Waals surface area contributed by atoms with Crippen LogP contribution in [-0.4, -0.2) is 22.9 Å². The van der Waals surface area contributed by atoms with Gasteiger partial charge in [-0.2, -0.15) is 0 Å². The van der Waals surface area contributed by atoms with E-state index in [1.807, 2.05) is 0 Å². The van der Waals surface area contributed by atoms with Gasteiger partial charge in [0, 0.05) is 5.56 Å². The highest BCUT2D eigenvalue weighted by Gasteiger charge is 2.19. The highest BCUT2D eigenvalue weighted by atomic mass is 35.5. The molecule has 0 saturated carbocycles. The molecule has 0 aromatic heterocycles. The summed E-state index contributed by atoms with van der Waals surface area (Å²) in [4.78, 5) is 10.6. The predicted molar refractivity (Wildman–Crippen MR) is 55.2 cm³/mol. The molecule has 90 valence electrons. The van der Waals surface area contributed by atoms with Crippen LogP contribution in [0.5, 0.6) is 5.75 Å². The molecule has 1 aromatic rings. The molecule has 0 saturated heterocycles. The highest BCUT2D eigenvalue weighted by molar-refractivity contribution is 5.91.